The lowest BCUT2D eigenvalue weighted by Gasteiger charge is -2.27. The maximum atomic E-state index is 12.4. The molecule has 0 spiro atoms. The molecule has 0 radical (unpaired) electrons. The van der Waals surface area contributed by atoms with E-state index in [2.05, 4.69) is 19.2 Å². The topological polar surface area (TPSA) is 110 Å². The first-order chi connectivity index (χ1) is 19.0. The summed E-state index contributed by atoms with van der Waals surface area (Å²) in [6.45, 7) is 4.00. The van der Waals surface area contributed by atoms with Crippen molar-refractivity contribution >= 4 is 5.91 Å². The standard InChI is InChI=1S/C33H67NO5/c1-3-5-7-9-11-13-15-17-18-20-22-24-26-30(36)32(38)29(28-35)34-33(39)31(37)27-25-23-21-19-16-14-12-10-8-6-4-2/h29-32,35-38H,3-28H2,1-2H3,(H,34,39). The van der Waals surface area contributed by atoms with Crippen molar-refractivity contribution in [3.05, 3.63) is 0 Å². The number of rotatable bonds is 30. The molecule has 0 aliphatic heterocycles. The quantitative estimate of drug-likeness (QED) is 0.0594. The van der Waals surface area contributed by atoms with Crippen LogP contribution in [0.25, 0.3) is 0 Å². The highest BCUT2D eigenvalue weighted by molar-refractivity contribution is 5.80. The molecule has 0 aliphatic rings. The Kier molecular flexibility index (Phi) is 28.3. The van der Waals surface area contributed by atoms with Gasteiger partial charge in [-0.05, 0) is 12.8 Å². The highest BCUT2D eigenvalue weighted by atomic mass is 16.3. The van der Waals surface area contributed by atoms with Gasteiger partial charge in [-0.3, -0.25) is 4.79 Å². The van der Waals surface area contributed by atoms with E-state index in [-0.39, 0.29) is 0 Å². The summed E-state index contributed by atoms with van der Waals surface area (Å²) in [6, 6.07) is -0.975. The molecule has 39 heavy (non-hydrogen) atoms. The van der Waals surface area contributed by atoms with Gasteiger partial charge in [-0.25, -0.2) is 0 Å². The number of amides is 1. The first-order valence-corrected chi connectivity index (χ1v) is 16.9. The monoisotopic (exact) mass is 558 g/mol. The third kappa shape index (κ3) is 23.7. The zero-order valence-corrected chi connectivity index (χ0v) is 25.9. The number of carbonyl (C=O) groups is 1. The molecule has 4 atom stereocenters. The number of hydrogen-bond acceptors (Lipinski definition) is 5. The molecule has 0 aromatic rings. The van der Waals surface area contributed by atoms with Gasteiger partial charge < -0.3 is 25.7 Å². The van der Waals surface area contributed by atoms with Gasteiger partial charge in [-0.2, -0.15) is 0 Å². The average Bonchev–Trinajstić information content (AvgIpc) is 2.94. The molecule has 4 unspecified atom stereocenters. The van der Waals surface area contributed by atoms with Crippen LogP contribution in [0, 0.1) is 0 Å². The van der Waals surface area contributed by atoms with E-state index < -0.39 is 36.9 Å². The van der Waals surface area contributed by atoms with E-state index in [1.165, 1.54) is 109 Å². The van der Waals surface area contributed by atoms with E-state index in [0.717, 1.165) is 38.5 Å². The normalized spacial score (nSPS) is 14.7. The summed E-state index contributed by atoms with van der Waals surface area (Å²) in [4.78, 5) is 12.4. The van der Waals surface area contributed by atoms with Crippen LogP contribution in [0.5, 0.6) is 0 Å². The summed E-state index contributed by atoms with van der Waals surface area (Å²) in [5, 5.41) is 43.2. The molecule has 0 aliphatic carbocycles. The number of nitrogens with one attached hydrogen (secondary N) is 1. The molecule has 5 N–H and O–H groups in total. The maximum absolute atomic E-state index is 12.4. The Hall–Kier alpha value is -0.690. The second-order valence-electron chi connectivity index (χ2n) is 11.9. The average molecular weight is 558 g/mol. The molecule has 0 heterocycles. The Labute approximate surface area is 241 Å². The molecule has 0 aromatic heterocycles. The number of unbranched alkanes of at least 4 members (excludes halogenated alkanes) is 21. The van der Waals surface area contributed by atoms with Crippen molar-refractivity contribution < 1.29 is 25.2 Å². The molecule has 6 nitrogen and oxygen atoms in total. The van der Waals surface area contributed by atoms with Crippen molar-refractivity contribution in [1.82, 2.24) is 5.32 Å². The summed E-state index contributed by atoms with van der Waals surface area (Å²) in [7, 11) is 0. The number of carbonyl (C=O) groups excluding carboxylic acids is 1. The van der Waals surface area contributed by atoms with Crippen LogP contribution in [0.4, 0.5) is 0 Å². The van der Waals surface area contributed by atoms with Crippen LogP contribution in [-0.4, -0.2) is 57.3 Å². The minimum Gasteiger partial charge on any atom is -0.394 e. The van der Waals surface area contributed by atoms with Crippen molar-refractivity contribution in [3.8, 4) is 0 Å². The van der Waals surface area contributed by atoms with Gasteiger partial charge in [0.05, 0.1) is 18.8 Å². The van der Waals surface area contributed by atoms with Crippen LogP contribution >= 0.6 is 0 Å². The molecule has 0 saturated carbocycles. The highest BCUT2D eigenvalue weighted by Gasteiger charge is 2.28. The fourth-order valence-corrected chi connectivity index (χ4v) is 5.28. The first-order valence-electron chi connectivity index (χ1n) is 16.9. The van der Waals surface area contributed by atoms with Gasteiger partial charge in [0.2, 0.25) is 5.91 Å². The van der Waals surface area contributed by atoms with Gasteiger partial charge in [0.25, 0.3) is 0 Å². The molecule has 0 bridgehead atoms. The Morgan fingerprint density at radius 1 is 0.538 bits per heavy atom. The van der Waals surface area contributed by atoms with E-state index in [1.807, 2.05) is 0 Å². The molecular weight excluding hydrogens is 490 g/mol. The number of aliphatic hydroxyl groups is 4. The fourth-order valence-electron chi connectivity index (χ4n) is 5.28. The predicted octanol–water partition coefficient (Wildman–Crippen LogP) is 7.34. The van der Waals surface area contributed by atoms with Crippen molar-refractivity contribution in [3.63, 3.8) is 0 Å². The Morgan fingerprint density at radius 3 is 1.23 bits per heavy atom. The molecule has 6 heteroatoms. The third-order valence-electron chi connectivity index (χ3n) is 8.07. The second-order valence-corrected chi connectivity index (χ2v) is 11.9. The van der Waals surface area contributed by atoms with Crippen molar-refractivity contribution in [2.75, 3.05) is 6.61 Å². The van der Waals surface area contributed by atoms with Crippen molar-refractivity contribution in [2.24, 2.45) is 0 Å². The lowest BCUT2D eigenvalue weighted by atomic mass is 9.99. The Bertz CT molecular complexity index is 518. The van der Waals surface area contributed by atoms with Crippen molar-refractivity contribution in [2.45, 2.75) is 199 Å². The molecule has 0 rings (SSSR count). The maximum Gasteiger partial charge on any atom is 0.249 e. The van der Waals surface area contributed by atoms with E-state index in [4.69, 9.17) is 0 Å². The van der Waals surface area contributed by atoms with Crippen LogP contribution < -0.4 is 5.32 Å². The van der Waals surface area contributed by atoms with Gasteiger partial charge in [-0.1, -0.05) is 162 Å². The van der Waals surface area contributed by atoms with Gasteiger partial charge in [0.15, 0.2) is 0 Å². The minimum atomic E-state index is -1.25. The van der Waals surface area contributed by atoms with Crippen LogP contribution in [0.3, 0.4) is 0 Å². The Balaban J connectivity index is 3.85. The molecule has 0 saturated heterocycles. The van der Waals surface area contributed by atoms with E-state index in [1.54, 1.807) is 0 Å². The zero-order valence-electron chi connectivity index (χ0n) is 25.9. The largest absolute Gasteiger partial charge is 0.394 e. The smallest absolute Gasteiger partial charge is 0.249 e. The molecular formula is C33H67NO5. The van der Waals surface area contributed by atoms with Crippen LogP contribution in [0.15, 0.2) is 0 Å². The lowest BCUT2D eigenvalue weighted by molar-refractivity contribution is -0.132. The van der Waals surface area contributed by atoms with Crippen molar-refractivity contribution in [1.29, 1.82) is 0 Å². The van der Waals surface area contributed by atoms with Gasteiger partial charge >= 0.3 is 0 Å². The summed E-state index contributed by atoms with van der Waals surface area (Å²) in [6.07, 6.45) is 25.5. The van der Waals surface area contributed by atoms with Gasteiger partial charge in [-0.15, -0.1) is 0 Å². The van der Waals surface area contributed by atoms with Crippen LogP contribution in [0.2, 0.25) is 0 Å². The van der Waals surface area contributed by atoms with E-state index >= 15 is 0 Å². The predicted molar refractivity (Wildman–Crippen MR) is 164 cm³/mol. The Morgan fingerprint density at radius 2 is 0.872 bits per heavy atom. The minimum absolute atomic E-state index is 0.374. The third-order valence-corrected chi connectivity index (χ3v) is 8.07. The van der Waals surface area contributed by atoms with E-state index in [9.17, 15) is 25.2 Å². The van der Waals surface area contributed by atoms with E-state index in [0.29, 0.717) is 12.8 Å². The molecule has 0 fully saturated rings. The second kappa shape index (κ2) is 28.8. The highest BCUT2D eigenvalue weighted by Crippen LogP contribution is 2.16. The zero-order chi connectivity index (χ0) is 29.0. The summed E-state index contributed by atoms with van der Waals surface area (Å²) in [5.74, 6) is -0.585. The molecule has 234 valence electrons. The van der Waals surface area contributed by atoms with Gasteiger partial charge in [0.1, 0.15) is 12.2 Å². The van der Waals surface area contributed by atoms with Gasteiger partial charge in [0, 0.05) is 0 Å². The molecule has 1 amide bonds. The SMILES string of the molecule is CCCCCCCCCCCCCCC(O)C(O)C(CO)NC(=O)C(O)CCCCCCCCCCCCC. The summed E-state index contributed by atoms with van der Waals surface area (Å²) in [5.41, 5.74) is 0. The van der Waals surface area contributed by atoms with Crippen LogP contribution in [-0.2, 0) is 4.79 Å². The number of aliphatic hydroxyl groups excluding tert-OH is 4. The van der Waals surface area contributed by atoms with Crippen LogP contribution in [0.1, 0.15) is 174 Å². The lowest BCUT2D eigenvalue weighted by Crippen LogP contribution is -2.53. The fraction of sp³-hybridized carbons (Fsp3) is 0.970. The summed E-state index contributed by atoms with van der Waals surface area (Å²) < 4.78 is 0. The molecule has 0 aromatic carbocycles. The number of hydrogen-bond donors (Lipinski definition) is 5. The summed E-state index contributed by atoms with van der Waals surface area (Å²) >= 11 is 0. The first kappa shape index (κ1) is 38.3.